The molecule has 0 bridgehead atoms. The zero-order chi connectivity index (χ0) is 16.5. The van der Waals surface area contributed by atoms with Gasteiger partial charge in [-0.15, -0.1) is 0 Å². The average Bonchev–Trinajstić information content (AvgIpc) is 3.09. The summed E-state index contributed by atoms with van der Waals surface area (Å²) in [6, 6.07) is 11.6. The van der Waals surface area contributed by atoms with E-state index < -0.39 is 0 Å². The lowest BCUT2D eigenvalue weighted by molar-refractivity contribution is -0.0246. The van der Waals surface area contributed by atoms with E-state index in [4.69, 9.17) is 10.5 Å². The number of hydrogen-bond donors (Lipinski definition) is 1. The molecule has 2 aromatic rings. The highest BCUT2D eigenvalue weighted by Crippen LogP contribution is 2.26. The molecule has 1 atom stereocenters. The number of anilines is 1. The summed E-state index contributed by atoms with van der Waals surface area (Å²) in [5.74, 6) is 0.542. The molecule has 1 fully saturated rings. The molecule has 1 aromatic heterocycles. The van der Waals surface area contributed by atoms with Crippen molar-refractivity contribution in [2.45, 2.75) is 25.4 Å². The summed E-state index contributed by atoms with van der Waals surface area (Å²) in [6.45, 7) is 1.62. The van der Waals surface area contributed by atoms with Crippen LogP contribution >= 0.6 is 0 Å². The number of ether oxygens (including phenoxy) is 1. The van der Waals surface area contributed by atoms with Gasteiger partial charge in [-0.1, -0.05) is 12.1 Å². The number of amides is 1. The van der Waals surface area contributed by atoms with Crippen molar-refractivity contribution in [2.24, 2.45) is 0 Å². The molecule has 4 rings (SSSR count). The lowest BCUT2D eigenvalue weighted by atomic mass is 10.0. The first-order chi connectivity index (χ1) is 11.7. The molecule has 0 radical (unpaired) electrons. The van der Waals surface area contributed by atoms with Gasteiger partial charge in [-0.05, 0) is 54.7 Å². The minimum Gasteiger partial charge on any atom is -0.384 e. The van der Waals surface area contributed by atoms with E-state index >= 15 is 0 Å². The van der Waals surface area contributed by atoms with E-state index in [1.165, 1.54) is 17.5 Å². The summed E-state index contributed by atoms with van der Waals surface area (Å²) in [4.78, 5) is 19.1. The van der Waals surface area contributed by atoms with Gasteiger partial charge in [-0.2, -0.15) is 0 Å². The number of carbonyl (C=O) groups excluding carboxylic acids is 1. The van der Waals surface area contributed by atoms with Crippen LogP contribution in [0.2, 0.25) is 0 Å². The number of aromatic nitrogens is 1. The van der Waals surface area contributed by atoms with Crippen LogP contribution in [0.1, 0.15) is 39.7 Å². The van der Waals surface area contributed by atoms with Gasteiger partial charge < -0.3 is 15.4 Å². The highest BCUT2D eigenvalue weighted by atomic mass is 16.5. The van der Waals surface area contributed by atoms with Crippen LogP contribution in [-0.2, 0) is 17.6 Å². The second kappa shape index (κ2) is 6.24. The van der Waals surface area contributed by atoms with Gasteiger partial charge in [0.05, 0.1) is 18.8 Å². The Labute approximate surface area is 141 Å². The molecule has 124 valence electrons. The molecule has 0 saturated carbocycles. The molecule has 2 heterocycles. The van der Waals surface area contributed by atoms with Crippen molar-refractivity contribution in [3.63, 3.8) is 0 Å². The number of benzene rings is 1. The number of aryl methyl sites for hydroxylation is 2. The van der Waals surface area contributed by atoms with Crippen molar-refractivity contribution in [3.8, 4) is 0 Å². The predicted molar refractivity (Wildman–Crippen MR) is 91.7 cm³/mol. The van der Waals surface area contributed by atoms with Gasteiger partial charge in [-0.3, -0.25) is 4.79 Å². The lowest BCUT2D eigenvalue weighted by Gasteiger charge is -2.33. The van der Waals surface area contributed by atoms with Crippen molar-refractivity contribution in [2.75, 3.05) is 25.4 Å². The summed E-state index contributed by atoms with van der Waals surface area (Å²) in [6.07, 6.45) is 3.17. The molecule has 1 aliphatic heterocycles. The Morgan fingerprint density at radius 3 is 2.96 bits per heavy atom. The number of rotatable bonds is 2. The van der Waals surface area contributed by atoms with E-state index in [1.807, 2.05) is 23.1 Å². The fourth-order valence-corrected chi connectivity index (χ4v) is 3.55. The zero-order valence-corrected chi connectivity index (χ0v) is 13.6. The first-order valence-corrected chi connectivity index (χ1v) is 8.46. The van der Waals surface area contributed by atoms with E-state index in [1.54, 1.807) is 6.07 Å². The minimum absolute atomic E-state index is 0.0712. The van der Waals surface area contributed by atoms with Gasteiger partial charge in [0.15, 0.2) is 0 Å². The number of morpholine rings is 1. The van der Waals surface area contributed by atoms with Gasteiger partial charge in [0.1, 0.15) is 11.9 Å². The second-order valence-corrected chi connectivity index (χ2v) is 6.43. The number of carbonyl (C=O) groups is 1. The molecular weight excluding hydrogens is 302 g/mol. The Balaban J connectivity index is 1.52. The van der Waals surface area contributed by atoms with E-state index in [-0.39, 0.29) is 12.0 Å². The number of nitrogens with zero attached hydrogens (tertiary/aromatic N) is 2. The second-order valence-electron chi connectivity index (χ2n) is 6.43. The third kappa shape index (κ3) is 2.87. The summed E-state index contributed by atoms with van der Waals surface area (Å²) < 4.78 is 5.80. The van der Waals surface area contributed by atoms with E-state index in [9.17, 15) is 4.79 Å². The van der Waals surface area contributed by atoms with E-state index in [2.05, 4.69) is 17.1 Å². The lowest BCUT2D eigenvalue weighted by Crippen LogP contribution is -2.42. The molecule has 1 saturated heterocycles. The van der Waals surface area contributed by atoms with Crippen molar-refractivity contribution in [3.05, 3.63) is 58.8 Å². The Bertz CT molecular complexity index is 775. The third-order valence-electron chi connectivity index (χ3n) is 4.82. The molecule has 24 heavy (non-hydrogen) atoms. The Hall–Kier alpha value is -2.40. The third-order valence-corrected chi connectivity index (χ3v) is 4.82. The highest BCUT2D eigenvalue weighted by molar-refractivity contribution is 5.94. The fourth-order valence-electron chi connectivity index (χ4n) is 3.55. The molecule has 2 N–H and O–H groups in total. The summed E-state index contributed by atoms with van der Waals surface area (Å²) in [7, 11) is 0. The van der Waals surface area contributed by atoms with Crippen LogP contribution in [0.25, 0.3) is 0 Å². The Kier molecular flexibility index (Phi) is 3.94. The monoisotopic (exact) mass is 323 g/mol. The van der Waals surface area contributed by atoms with Crippen molar-refractivity contribution >= 4 is 11.7 Å². The van der Waals surface area contributed by atoms with Crippen molar-refractivity contribution in [1.29, 1.82) is 0 Å². The largest absolute Gasteiger partial charge is 0.384 e. The molecule has 1 aliphatic carbocycles. The van der Waals surface area contributed by atoms with Crippen LogP contribution in [0.15, 0.2) is 36.4 Å². The van der Waals surface area contributed by atoms with Crippen LogP contribution in [-0.4, -0.2) is 35.5 Å². The molecule has 1 amide bonds. The van der Waals surface area contributed by atoms with E-state index in [0.29, 0.717) is 25.5 Å². The number of pyridine rings is 1. The van der Waals surface area contributed by atoms with Gasteiger partial charge in [0.25, 0.3) is 5.91 Å². The van der Waals surface area contributed by atoms with Gasteiger partial charge >= 0.3 is 0 Å². The SMILES string of the molecule is Nc1cccc(C2CN(C(=O)c3ccc4c(c3)CCC4)CCO2)n1. The number of nitrogen functional groups attached to an aromatic ring is 1. The molecule has 5 heteroatoms. The molecule has 1 aromatic carbocycles. The van der Waals surface area contributed by atoms with Crippen LogP contribution < -0.4 is 5.73 Å². The normalized spacial score (nSPS) is 20.0. The summed E-state index contributed by atoms with van der Waals surface area (Å²) in [5, 5.41) is 0. The molecule has 2 aliphatic rings. The standard InChI is InChI=1S/C19H21N3O2/c20-18-6-2-5-16(21-18)17-12-22(9-10-24-17)19(23)15-8-7-13-3-1-4-14(13)11-15/h2,5-8,11,17H,1,3-4,9-10,12H2,(H2,20,21). The Morgan fingerprint density at radius 1 is 1.21 bits per heavy atom. The maximum absolute atomic E-state index is 12.9. The first kappa shape index (κ1) is 15.1. The van der Waals surface area contributed by atoms with Crippen molar-refractivity contribution in [1.82, 2.24) is 9.88 Å². The van der Waals surface area contributed by atoms with Crippen molar-refractivity contribution < 1.29 is 9.53 Å². The summed E-state index contributed by atoms with van der Waals surface area (Å²) in [5.41, 5.74) is 10.0. The summed E-state index contributed by atoms with van der Waals surface area (Å²) >= 11 is 0. The molecule has 1 unspecified atom stereocenters. The smallest absolute Gasteiger partial charge is 0.254 e. The first-order valence-electron chi connectivity index (χ1n) is 8.46. The fraction of sp³-hybridized carbons (Fsp3) is 0.368. The van der Waals surface area contributed by atoms with Gasteiger partial charge in [-0.25, -0.2) is 4.98 Å². The predicted octanol–water partition coefficient (Wildman–Crippen LogP) is 2.37. The van der Waals surface area contributed by atoms with Crippen LogP contribution in [0.3, 0.4) is 0 Å². The van der Waals surface area contributed by atoms with Gasteiger partial charge in [0.2, 0.25) is 0 Å². The van der Waals surface area contributed by atoms with Gasteiger partial charge in [0, 0.05) is 12.1 Å². The maximum Gasteiger partial charge on any atom is 0.254 e. The maximum atomic E-state index is 12.9. The van der Waals surface area contributed by atoms with E-state index in [0.717, 1.165) is 24.1 Å². The molecular formula is C19H21N3O2. The molecule has 5 nitrogen and oxygen atoms in total. The van der Waals surface area contributed by atoms with Crippen LogP contribution in [0, 0.1) is 0 Å². The number of nitrogens with two attached hydrogens (primary N) is 1. The van der Waals surface area contributed by atoms with Crippen LogP contribution in [0.5, 0.6) is 0 Å². The average molecular weight is 323 g/mol. The molecule has 0 spiro atoms. The minimum atomic E-state index is -0.222. The quantitative estimate of drug-likeness (QED) is 0.921. The number of fused-ring (bicyclic) bond motifs is 1. The Morgan fingerprint density at radius 2 is 2.08 bits per heavy atom. The number of hydrogen-bond acceptors (Lipinski definition) is 4. The zero-order valence-electron chi connectivity index (χ0n) is 13.6. The highest BCUT2D eigenvalue weighted by Gasteiger charge is 2.27. The topological polar surface area (TPSA) is 68.5 Å². The van der Waals surface area contributed by atoms with Crippen LogP contribution in [0.4, 0.5) is 5.82 Å².